The fourth-order valence-electron chi connectivity index (χ4n) is 1.23. The molecule has 0 aliphatic heterocycles. The molecule has 0 saturated carbocycles. The maximum atomic E-state index is 11.9. The van der Waals surface area contributed by atoms with E-state index in [0.717, 1.165) is 0 Å². The molecule has 0 amide bonds. The molecular weight excluding hydrogens is 283 g/mol. The molecule has 0 spiro atoms. The van der Waals surface area contributed by atoms with E-state index in [0.29, 0.717) is 6.42 Å². The van der Waals surface area contributed by atoms with Crippen molar-refractivity contribution < 1.29 is 8.42 Å². The minimum Gasteiger partial charge on any atom is -0.398 e. The SMILES string of the molecule is C=CCCNS(=O)(=O)c1c(N)cc(Cl)cc1Cl. The smallest absolute Gasteiger partial charge is 0.244 e. The molecule has 0 fully saturated rings. The maximum Gasteiger partial charge on any atom is 0.244 e. The average Bonchev–Trinajstić information content (AvgIpc) is 2.15. The van der Waals surface area contributed by atoms with Crippen LogP contribution < -0.4 is 10.5 Å². The van der Waals surface area contributed by atoms with Gasteiger partial charge in [-0.25, -0.2) is 13.1 Å². The number of sulfonamides is 1. The summed E-state index contributed by atoms with van der Waals surface area (Å²) in [5, 5.41) is 0.290. The Kier molecular flexibility index (Phi) is 4.82. The molecule has 0 radical (unpaired) electrons. The molecule has 0 aliphatic carbocycles. The first kappa shape index (κ1) is 14.3. The summed E-state index contributed by atoms with van der Waals surface area (Å²) in [5.74, 6) is 0. The maximum absolute atomic E-state index is 11.9. The lowest BCUT2D eigenvalue weighted by atomic mass is 10.3. The third kappa shape index (κ3) is 3.61. The van der Waals surface area contributed by atoms with E-state index in [2.05, 4.69) is 11.3 Å². The summed E-state index contributed by atoms with van der Waals surface area (Å²) >= 11 is 11.5. The number of nitrogens with two attached hydrogens (primary N) is 1. The highest BCUT2D eigenvalue weighted by molar-refractivity contribution is 7.89. The summed E-state index contributed by atoms with van der Waals surface area (Å²) < 4.78 is 26.2. The van der Waals surface area contributed by atoms with Gasteiger partial charge in [0, 0.05) is 11.6 Å². The lowest BCUT2D eigenvalue weighted by Crippen LogP contribution is -2.25. The number of rotatable bonds is 5. The Bertz CT molecular complexity index is 506. The van der Waals surface area contributed by atoms with Gasteiger partial charge >= 0.3 is 0 Å². The van der Waals surface area contributed by atoms with Crippen LogP contribution in [-0.4, -0.2) is 15.0 Å². The van der Waals surface area contributed by atoms with Crippen LogP contribution in [0.1, 0.15) is 6.42 Å². The third-order valence-corrected chi connectivity index (χ3v) is 4.15. The van der Waals surface area contributed by atoms with E-state index >= 15 is 0 Å². The molecule has 0 atom stereocenters. The highest BCUT2D eigenvalue weighted by Crippen LogP contribution is 2.30. The molecule has 17 heavy (non-hydrogen) atoms. The summed E-state index contributed by atoms with van der Waals surface area (Å²) in [5.41, 5.74) is 5.63. The van der Waals surface area contributed by atoms with E-state index in [1.807, 2.05) is 0 Å². The molecule has 7 heteroatoms. The van der Waals surface area contributed by atoms with Crippen molar-refractivity contribution in [1.29, 1.82) is 0 Å². The second kappa shape index (κ2) is 5.73. The molecular formula is C10H12Cl2N2O2S. The van der Waals surface area contributed by atoms with Crippen molar-refractivity contribution in [2.45, 2.75) is 11.3 Å². The number of anilines is 1. The number of nitrogens with one attached hydrogen (secondary N) is 1. The molecule has 1 aromatic rings. The molecule has 94 valence electrons. The van der Waals surface area contributed by atoms with Gasteiger partial charge < -0.3 is 5.73 Å². The second-order valence-corrected chi connectivity index (χ2v) is 5.83. The van der Waals surface area contributed by atoms with E-state index in [4.69, 9.17) is 28.9 Å². The zero-order valence-electron chi connectivity index (χ0n) is 8.91. The van der Waals surface area contributed by atoms with E-state index in [9.17, 15) is 8.42 Å². The molecule has 4 nitrogen and oxygen atoms in total. The lowest BCUT2D eigenvalue weighted by Gasteiger charge is -2.10. The van der Waals surface area contributed by atoms with Crippen molar-refractivity contribution >= 4 is 38.9 Å². The quantitative estimate of drug-likeness (QED) is 0.498. The third-order valence-electron chi connectivity index (χ3n) is 1.95. The van der Waals surface area contributed by atoms with Crippen LogP contribution in [0.25, 0.3) is 0 Å². The van der Waals surface area contributed by atoms with Crippen molar-refractivity contribution in [3.05, 3.63) is 34.8 Å². The monoisotopic (exact) mass is 294 g/mol. The van der Waals surface area contributed by atoms with Crippen LogP contribution in [0.5, 0.6) is 0 Å². The first-order valence-electron chi connectivity index (χ1n) is 4.73. The molecule has 0 saturated heterocycles. The number of halogens is 2. The number of hydrogen-bond donors (Lipinski definition) is 2. The predicted molar refractivity (Wildman–Crippen MR) is 70.9 cm³/mol. The summed E-state index contributed by atoms with van der Waals surface area (Å²) in [6, 6.07) is 2.68. The first-order valence-corrected chi connectivity index (χ1v) is 6.97. The van der Waals surface area contributed by atoms with Gasteiger partial charge in [-0.05, 0) is 18.6 Å². The van der Waals surface area contributed by atoms with Crippen molar-refractivity contribution in [2.24, 2.45) is 0 Å². The second-order valence-electron chi connectivity index (χ2n) is 3.28. The zero-order chi connectivity index (χ0) is 13.1. The van der Waals surface area contributed by atoms with Crippen molar-refractivity contribution in [1.82, 2.24) is 4.72 Å². The molecule has 0 aliphatic rings. The van der Waals surface area contributed by atoms with Crippen LogP contribution in [0.2, 0.25) is 10.0 Å². The van der Waals surface area contributed by atoms with Crippen LogP contribution >= 0.6 is 23.2 Å². The topological polar surface area (TPSA) is 72.2 Å². The lowest BCUT2D eigenvalue weighted by molar-refractivity contribution is 0.582. The predicted octanol–water partition coefficient (Wildman–Crippen LogP) is 2.43. The molecule has 0 heterocycles. The highest BCUT2D eigenvalue weighted by Gasteiger charge is 2.21. The molecule has 3 N–H and O–H groups in total. The fourth-order valence-corrected chi connectivity index (χ4v) is 3.26. The molecule has 0 bridgehead atoms. The van der Waals surface area contributed by atoms with E-state index in [1.54, 1.807) is 6.08 Å². The Balaban J connectivity index is 3.11. The molecule has 1 rings (SSSR count). The molecule has 1 aromatic carbocycles. The van der Waals surface area contributed by atoms with Gasteiger partial charge in [-0.15, -0.1) is 6.58 Å². The van der Waals surface area contributed by atoms with E-state index in [1.165, 1.54) is 12.1 Å². The number of hydrogen-bond acceptors (Lipinski definition) is 3. The van der Waals surface area contributed by atoms with Crippen LogP contribution in [0.3, 0.4) is 0 Å². The van der Waals surface area contributed by atoms with Crippen LogP contribution in [-0.2, 0) is 10.0 Å². The Morgan fingerprint density at radius 3 is 2.59 bits per heavy atom. The van der Waals surface area contributed by atoms with Crippen LogP contribution in [0.4, 0.5) is 5.69 Å². The summed E-state index contributed by atoms with van der Waals surface area (Å²) in [6.07, 6.45) is 2.12. The van der Waals surface area contributed by atoms with Gasteiger partial charge in [0.05, 0.1) is 10.7 Å². The minimum absolute atomic E-state index is 0.00102. The summed E-state index contributed by atoms with van der Waals surface area (Å²) in [4.78, 5) is -0.146. The van der Waals surface area contributed by atoms with Crippen molar-refractivity contribution in [3.8, 4) is 0 Å². The van der Waals surface area contributed by atoms with Crippen LogP contribution in [0, 0.1) is 0 Å². The van der Waals surface area contributed by atoms with E-state index < -0.39 is 10.0 Å². The largest absolute Gasteiger partial charge is 0.398 e. The molecule has 0 unspecified atom stereocenters. The zero-order valence-corrected chi connectivity index (χ0v) is 11.2. The summed E-state index contributed by atoms with van der Waals surface area (Å²) in [7, 11) is -3.72. The van der Waals surface area contributed by atoms with Gasteiger partial charge in [0.25, 0.3) is 0 Å². The average molecular weight is 295 g/mol. The van der Waals surface area contributed by atoms with Gasteiger partial charge in [0.1, 0.15) is 4.90 Å². The Morgan fingerprint density at radius 1 is 1.41 bits per heavy atom. The van der Waals surface area contributed by atoms with Crippen molar-refractivity contribution in [3.63, 3.8) is 0 Å². The molecule has 0 aromatic heterocycles. The highest BCUT2D eigenvalue weighted by atomic mass is 35.5. The standard InChI is InChI=1S/C10H12Cl2N2O2S/c1-2-3-4-14-17(15,16)10-8(12)5-7(11)6-9(10)13/h2,5-6,14H,1,3-4,13H2. The number of benzene rings is 1. The normalized spacial score (nSPS) is 11.4. The van der Waals surface area contributed by atoms with Gasteiger partial charge in [-0.2, -0.15) is 0 Å². The summed E-state index contributed by atoms with van der Waals surface area (Å²) in [6.45, 7) is 3.74. The van der Waals surface area contributed by atoms with Gasteiger partial charge in [0.15, 0.2) is 0 Å². The van der Waals surface area contributed by atoms with Gasteiger partial charge in [-0.3, -0.25) is 0 Å². The van der Waals surface area contributed by atoms with Gasteiger partial charge in [-0.1, -0.05) is 29.3 Å². The minimum atomic E-state index is -3.72. The number of nitrogen functional groups attached to an aromatic ring is 1. The van der Waals surface area contributed by atoms with Crippen molar-refractivity contribution in [2.75, 3.05) is 12.3 Å². The van der Waals surface area contributed by atoms with Gasteiger partial charge in [0.2, 0.25) is 10.0 Å². The fraction of sp³-hybridized carbons (Fsp3) is 0.200. The van der Waals surface area contributed by atoms with E-state index in [-0.39, 0.29) is 27.2 Å². The Labute approximate surface area is 110 Å². The Hall–Kier alpha value is -0.750. The first-order chi connectivity index (χ1) is 7.88. The Morgan fingerprint density at radius 2 is 2.06 bits per heavy atom. The van der Waals surface area contributed by atoms with Crippen LogP contribution in [0.15, 0.2) is 29.7 Å².